The summed E-state index contributed by atoms with van der Waals surface area (Å²) < 4.78 is 38.1. The summed E-state index contributed by atoms with van der Waals surface area (Å²) >= 11 is 1.40. The molecule has 2 heterocycles. The van der Waals surface area contributed by atoms with Crippen molar-refractivity contribution in [3.8, 4) is 11.9 Å². The lowest BCUT2D eigenvalue weighted by molar-refractivity contribution is -0.113. The monoisotopic (exact) mass is 565 g/mol. The van der Waals surface area contributed by atoms with E-state index in [9.17, 15) is 18.0 Å². The van der Waals surface area contributed by atoms with Crippen molar-refractivity contribution in [3.63, 3.8) is 0 Å². The van der Waals surface area contributed by atoms with E-state index in [4.69, 9.17) is 9.47 Å². The lowest BCUT2D eigenvalue weighted by Crippen LogP contribution is -2.30. The average Bonchev–Trinajstić information content (AvgIpc) is 3.46. The van der Waals surface area contributed by atoms with Gasteiger partial charge < -0.3 is 20.1 Å². The number of methoxy groups -OCH3 is 2. The smallest absolute Gasteiger partial charge is 0.321 e. The highest BCUT2D eigenvalue weighted by atomic mass is 32.2. The third-order valence-electron chi connectivity index (χ3n) is 5.09. The fourth-order valence-corrected chi connectivity index (χ4v) is 4.87. The second-order valence-electron chi connectivity index (χ2n) is 7.76. The molecule has 4 aromatic rings. The van der Waals surface area contributed by atoms with Crippen LogP contribution in [0.1, 0.15) is 15.2 Å². The van der Waals surface area contributed by atoms with Crippen LogP contribution in [0.25, 0.3) is 6.08 Å². The quantitative estimate of drug-likeness (QED) is 0.246. The molecule has 0 aliphatic heterocycles. The molecule has 2 amide bonds. The number of anilines is 2. The first-order valence-electron chi connectivity index (χ1n) is 11.3. The number of aromatic nitrogens is 2. The molecule has 0 fully saturated rings. The van der Waals surface area contributed by atoms with Crippen LogP contribution in [0.2, 0.25) is 0 Å². The number of carbonyl (C=O) groups excluding carboxylic acids is 2. The number of hydrogen-bond donors (Lipinski definition) is 3. The lowest BCUT2D eigenvalue weighted by Gasteiger charge is -2.12. The molecule has 2 aromatic heterocycles. The number of sulfonamides is 1. The van der Waals surface area contributed by atoms with E-state index in [0.717, 1.165) is 4.88 Å². The summed E-state index contributed by atoms with van der Waals surface area (Å²) in [5, 5.41) is 7.18. The van der Waals surface area contributed by atoms with Gasteiger partial charge in [0.1, 0.15) is 5.70 Å². The molecule has 0 radical (unpaired) electrons. The summed E-state index contributed by atoms with van der Waals surface area (Å²) in [6, 6.07) is 18.9. The molecule has 0 aliphatic rings. The van der Waals surface area contributed by atoms with Crippen LogP contribution in [0.15, 0.2) is 88.8 Å². The highest BCUT2D eigenvalue weighted by molar-refractivity contribution is 7.92. The van der Waals surface area contributed by atoms with Crippen molar-refractivity contribution in [2.45, 2.75) is 4.90 Å². The summed E-state index contributed by atoms with van der Waals surface area (Å²) in [7, 11) is -1.32. The normalized spacial score (nSPS) is 11.4. The van der Waals surface area contributed by atoms with Gasteiger partial charge in [0.15, 0.2) is 5.82 Å². The zero-order valence-electron chi connectivity index (χ0n) is 20.7. The van der Waals surface area contributed by atoms with E-state index >= 15 is 0 Å². The Hall–Kier alpha value is -4.75. The topological polar surface area (TPSA) is 149 Å². The third kappa shape index (κ3) is 7.18. The highest BCUT2D eigenvalue weighted by Crippen LogP contribution is 2.22. The lowest BCUT2D eigenvalue weighted by atomic mass is 10.2. The Balaban J connectivity index is 1.50. The number of nitrogens with one attached hydrogen (secondary N) is 3. The molecule has 4 rings (SSSR count). The first kappa shape index (κ1) is 27.3. The standard InChI is InChI=1S/C26H23N5O6S2/c1-36-23-16-22(29-26(30-23)37-2)31-39(34,35)20-12-10-18(11-13-20)27-25(33)21(15-19-9-6-14-38-19)28-24(32)17-7-4-3-5-8-17/h3-16H,1-2H3,(H,27,33)(H,28,32)(H,29,30,31)/b21-15-. The maximum Gasteiger partial charge on any atom is 0.321 e. The van der Waals surface area contributed by atoms with Gasteiger partial charge in [-0.2, -0.15) is 9.97 Å². The van der Waals surface area contributed by atoms with Crippen LogP contribution < -0.4 is 24.8 Å². The summed E-state index contributed by atoms with van der Waals surface area (Å²) in [4.78, 5) is 34.4. The van der Waals surface area contributed by atoms with Crippen LogP contribution in [0.3, 0.4) is 0 Å². The van der Waals surface area contributed by atoms with Crippen molar-refractivity contribution < 1.29 is 27.5 Å². The maximum absolute atomic E-state index is 13.1. The zero-order chi connectivity index (χ0) is 27.8. The predicted molar refractivity (Wildman–Crippen MR) is 147 cm³/mol. The minimum atomic E-state index is -4.04. The summed E-state index contributed by atoms with van der Waals surface area (Å²) in [6.45, 7) is 0. The molecule has 200 valence electrons. The predicted octanol–water partition coefficient (Wildman–Crippen LogP) is 3.77. The van der Waals surface area contributed by atoms with Crippen LogP contribution in [0, 0.1) is 0 Å². The van der Waals surface area contributed by atoms with Crippen molar-refractivity contribution in [2.75, 3.05) is 24.3 Å². The van der Waals surface area contributed by atoms with Gasteiger partial charge in [0.25, 0.3) is 21.8 Å². The average molecular weight is 566 g/mol. The second-order valence-corrected chi connectivity index (χ2v) is 10.4. The van der Waals surface area contributed by atoms with Gasteiger partial charge in [-0.05, 0) is 53.9 Å². The van der Waals surface area contributed by atoms with E-state index in [2.05, 4.69) is 25.3 Å². The molecular weight excluding hydrogens is 542 g/mol. The summed E-state index contributed by atoms with van der Waals surface area (Å²) in [5.74, 6) is -0.961. The van der Waals surface area contributed by atoms with Crippen LogP contribution in [-0.4, -0.2) is 44.4 Å². The van der Waals surface area contributed by atoms with Crippen LogP contribution >= 0.6 is 11.3 Å². The fourth-order valence-electron chi connectivity index (χ4n) is 3.22. The molecule has 2 aromatic carbocycles. The van der Waals surface area contributed by atoms with E-state index in [0.29, 0.717) is 11.3 Å². The SMILES string of the molecule is COc1cc(NS(=O)(=O)c2ccc(NC(=O)/C(=C/c3cccs3)NC(=O)c3ccccc3)cc2)nc(OC)n1. The summed E-state index contributed by atoms with van der Waals surface area (Å²) in [6.07, 6.45) is 1.56. The van der Waals surface area contributed by atoms with E-state index in [-0.39, 0.29) is 28.3 Å². The number of thiophene rings is 1. The number of benzene rings is 2. The molecule has 11 nitrogen and oxygen atoms in total. The van der Waals surface area contributed by atoms with Gasteiger partial charge in [-0.15, -0.1) is 11.3 Å². The van der Waals surface area contributed by atoms with Gasteiger partial charge in [-0.3, -0.25) is 14.3 Å². The van der Waals surface area contributed by atoms with Gasteiger partial charge in [0.05, 0.1) is 19.1 Å². The van der Waals surface area contributed by atoms with Crippen molar-refractivity contribution in [2.24, 2.45) is 0 Å². The highest BCUT2D eigenvalue weighted by Gasteiger charge is 2.19. The Morgan fingerprint density at radius 3 is 2.31 bits per heavy atom. The number of carbonyl (C=O) groups is 2. The molecule has 0 aliphatic carbocycles. The third-order valence-corrected chi connectivity index (χ3v) is 7.28. The van der Waals surface area contributed by atoms with E-state index in [1.807, 2.05) is 17.5 Å². The molecule has 0 bridgehead atoms. The van der Waals surface area contributed by atoms with Crippen molar-refractivity contribution in [3.05, 3.63) is 94.3 Å². The first-order chi connectivity index (χ1) is 18.8. The molecule has 0 atom stereocenters. The molecule has 3 N–H and O–H groups in total. The second kappa shape index (κ2) is 12.2. The number of hydrogen-bond acceptors (Lipinski definition) is 9. The zero-order valence-corrected chi connectivity index (χ0v) is 22.4. The van der Waals surface area contributed by atoms with Crippen molar-refractivity contribution in [1.82, 2.24) is 15.3 Å². The molecule has 0 spiro atoms. The largest absolute Gasteiger partial charge is 0.481 e. The van der Waals surface area contributed by atoms with Gasteiger partial charge >= 0.3 is 6.01 Å². The fraction of sp³-hybridized carbons (Fsp3) is 0.0769. The van der Waals surface area contributed by atoms with Crippen molar-refractivity contribution >= 4 is 50.8 Å². The molecule has 39 heavy (non-hydrogen) atoms. The number of amides is 2. The van der Waals surface area contributed by atoms with E-state index in [1.54, 1.807) is 36.4 Å². The Bertz CT molecular complexity index is 1570. The molecule has 13 heteroatoms. The molecule has 0 saturated heterocycles. The minimum absolute atomic E-state index is 0.0244. The van der Waals surface area contributed by atoms with Gasteiger partial charge in [-0.25, -0.2) is 8.42 Å². The Morgan fingerprint density at radius 2 is 1.67 bits per heavy atom. The molecule has 0 unspecified atom stereocenters. The van der Waals surface area contributed by atoms with Gasteiger partial charge in [0.2, 0.25) is 5.88 Å². The molecule has 0 saturated carbocycles. The van der Waals surface area contributed by atoms with E-state index < -0.39 is 21.8 Å². The first-order valence-corrected chi connectivity index (χ1v) is 13.7. The van der Waals surface area contributed by atoms with Gasteiger partial charge in [0, 0.05) is 22.2 Å². The number of nitrogens with zero attached hydrogens (tertiary/aromatic N) is 2. The number of ether oxygens (including phenoxy) is 2. The summed E-state index contributed by atoms with van der Waals surface area (Å²) in [5.41, 5.74) is 0.732. The van der Waals surface area contributed by atoms with Gasteiger partial charge in [-0.1, -0.05) is 24.3 Å². The maximum atomic E-state index is 13.1. The minimum Gasteiger partial charge on any atom is -0.481 e. The Labute approximate surface area is 228 Å². The van der Waals surface area contributed by atoms with Crippen molar-refractivity contribution in [1.29, 1.82) is 0 Å². The van der Waals surface area contributed by atoms with E-state index in [1.165, 1.54) is 55.9 Å². The Morgan fingerprint density at radius 1 is 0.923 bits per heavy atom. The number of rotatable bonds is 10. The Kier molecular flexibility index (Phi) is 8.53. The van der Waals surface area contributed by atoms with Crippen LogP contribution in [0.5, 0.6) is 11.9 Å². The van der Waals surface area contributed by atoms with Crippen LogP contribution in [-0.2, 0) is 14.8 Å². The van der Waals surface area contributed by atoms with Crippen LogP contribution in [0.4, 0.5) is 11.5 Å². The molecular formula is C26H23N5O6S2.